The summed E-state index contributed by atoms with van der Waals surface area (Å²) in [5.41, 5.74) is 12.9. The van der Waals surface area contributed by atoms with Crippen LogP contribution in [0.2, 0.25) is 0 Å². The van der Waals surface area contributed by atoms with E-state index in [0.717, 1.165) is 54.1 Å². The SMILES string of the molecule is CCc1ccc(N(C(=O)c2snc(C(N)=O)c2N)C(C(=O)NC2CCCC2)c2cccs2)cc1. The lowest BCUT2D eigenvalue weighted by Crippen LogP contribution is -2.46. The second-order valence-electron chi connectivity index (χ2n) is 8.24. The van der Waals surface area contributed by atoms with Crippen LogP contribution < -0.4 is 21.7 Å². The van der Waals surface area contributed by atoms with Gasteiger partial charge in [0.15, 0.2) is 11.7 Å². The smallest absolute Gasteiger partial charge is 0.273 e. The van der Waals surface area contributed by atoms with Gasteiger partial charge in [-0.05, 0) is 59.9 Å². The number of thiophene rings is 1. The summed E-state index contributed by atoms with van der Waals surface area (Å²) in [4.78, 5) is 41.5. The second kappa shape index (κ2) is 10.4. The highest BCUT2D eigenvalue weighted by Gasteiger charge is 2.37. The average molecular weight is 498 g/mol. The predicted octanol–water partition coefficient (Wildman–Crippen LogP) is 3.90. The van der Waals surface area contributed by atoms with Crippen molar-refractivity contribution in [2.24, 2.45) is 5.73 Å². The molecule has 2 heterocycles. The Bertz CT molecular complexity index is 1170. The average Bonchev–Trinajstić information content (AvgIpc) is 3.59. The summed E-state index contributed by atoms with van der Waals surface area (Å²) in [5, 5.41) is 5.02. The highest BCUT2D eigenvalue weighted by molar-refractivity contribution is 7.10. The Hall–Kier alpha value is -3.24. The van der Waals surface area contributed by atoms with Gasteiger partial charge < -0.3 is 16.8 Å². The molecule has 178 valence electrons. The molecule has 1 unspecified atom stereocenters. The number of aromatic nitrogens is 1. The van der Waals surface area contributed by atoms with E-state index in [1.54, 1.807) is 0 Å². The molecule has 0 aliphatic heterocycles. The number of nitrogens with two attached hydrogens (primary N) is 2. The maximum atomic E-state index is 13.9. The number of aryl methyl sites for hydroxylation is 1. The van der Waals surface area contributed by atoms with Gasteiger partial charge in [0.2, 0.25) is 5.91 Å². The van der Waals surface area contributed by atoms with Crippen LogP contribution in [0, 0.1) is 0 Å². The van der Waals surface area contributed by atoms with Gasteiger partial charge in [-0.1, -0.05) is 38.0 Å². The van der Waals surface area contributed by atoms with Gasteiger partial charge in [-0.2, -0.15) is 4.37 Å². The first-order valence-corrected chi connectivity index (χ1v) is 12.9. The summed E-state index contributed by atoms with van der Waals surface area (Å²) in [5.74, 6) is -1.56. The quantitative estimate of drug-likeness (QED) is 0.434. The molecule has 1 fully saturated rings. The Balaban J connectivity index is 1.80. The molecule has 34 heavy (non-hydrogen) atoms. The van der Waals surface area contributed by atoms with E-state index < -0.39 is 17.9 Å². The molecule has 2 aromatic heterocycles. The molecule has 5 N–H and O–H groups in total. The summed E-state index contributed by atoms with van der Waals surface area (Å²) >= 11 is 2.21. The van der Waals surface area contributed by atoms with E-state index in [1.165, 1.54) is 16.2 Å². The van der Waals surface area contributed by atoms with E-state index in [4.69, 9.17) is 11.5 Å². The minimum atomic E-state index is -0.904. The van der Waals surface area contributed by atoms with E-state index >= 15 is 0 Å². The Labute approximate surface area is 206 Å². The number of rotatable bonds is 8. The highest BCUT2D eigenvalue weighted by Crippen LogP contribution is 2.35. The zero-order valence-corrected chi connectivity index (χ0v) is 20.5. The van der Waals surface area contributed by atoms with Gasteiger partial charge in [0.25, 0.3) is 11.8 Å². The molecule has 1 aliphatic carbocycles. The number of benzene rings is 1. The van der Waals surface area contributed by atoms with Gasteiger partial charge in [-0.25, -0.2) is 0 Å². The van der Waals surface area contributed by atoms with Crippen LogP contribution in [-0.4, -0.2) is 28.1 Å². The number of primary amides is 1. The van der Waals surface area contributed by atoms with Crippen LogP contribution in [0.15, 0.2) is 41.8 Å². The summed E-state index contributed by atoms with van der Waals surface area (Å²) in [6.45, 7) is 2.05. The third kappa shape index (κ3) is 4.83. The molecule has 1 aromatic carbocycles. The van der Waals surface area contributed by atoms with Crippen LogP contribution >= 0.6 is 22.9 Å². The van der Waals surface area contributed by atoms with Crippen LogP contribution in [0.1, 0.15) is 69.2 Å². The lowest BCUT2D eigenvalue weighted by atomic mass is 10.1. The van der Waals surface area contributed by atoms with Crippen molar-refractivity contribution in [3.63, 3.8) is 0 Å². The van der Waals surface area contributed by atoms with Crippen molar-refractivity contribution >= 4 is 52.0 Å². The van der Waals surface area contributed by atoms with Crippen LogP contribution in [0.3, 0.4) is 0 Å². The molecule has 0 radical (unpaired) electrons. The van der Waals surface area contributed by atoms with Crippen molar-refractivity contribution < 1.29 is 14.4 Å². The van der Waals surface area contributed by atoms with Crippen molar-refractivity contribution in [1.82, 2.24) is 9.69 Å². The number of hydrogen-bond acceptors (Lipinski definition) is 7. The van der Waals surface area contributed by atoms with E-state index in [1.807, 2.05) is 48.7 Å². The molecule has 8 nitrogen and oxygen atoms in total. The van der Waals surface area contributed by atoms with Crippen LogP contribution in [0.4, 0.5) is 11.4 Å². The third-order valence-electron chi connectivity index (χ3n) is 6.02. The first-order valence-electron chi connectivity index (χ1n) is 11.2. The Morgan fingerprint density at radius 2 is 1.88 bits per heavy atom. The molecule has 4 rings (SSSR count). The Kier molecular flexibility index (Phi) is 7.28. The van der Waals surface area contributed by atoms with Crippen molar-refractivity contribution in [2.75, 3.05) is 10.6 Å². The zero-order valence-electron chi connectivity index (χ0n) is 18.8. The topological polar surface area (TPSA) is 131 Å². The van der Waals surface area contributed by atoms with E-state index in [-0.39, 0.29) is 28.2 Å². The number of anilines is 2. The second-order valence-corrected chi connectivity index (χ2v) is 9.99. The van der Waals surface area contributed by atoms with Gasteiger partial charge in [0.05, 0.1) is 5.69 Å². The van der Waals surface area contributed by atoms with Crippen molar-refractivity contribution in [3.8, 4) is 0 Å². The lowest BCUT2D eigenvalue weighted by Gasteiger charge is -2.31. The van der Waals surface area contributed by atoms with Crippen molar-refractivity contribution in [3.05, 3.63) is 62.8 Å². The summed E-state index contributed by atoms with van der Waals surface area (Å²) in [7, 11) is 0. The van der Waals surface area contributed by atoms with Gasteiger partial charge >= 0.3 is 0 Å². The van der Waals surface area contributed by atoms with Gasteiger partial charge in [-0.3, -0.25) is 19.3 Å². The number of nitrogen functional groups attached to an aromatic ring is 1. The standard InChI is InChI=1S/C24H27N5O3S2/c1-2-14-9-11-16(12-10-14)29(24(32)21-18(25)19(22(26)30)28-34-21)20(17-8-5-13-33-17)23(31)27-15-6-3-4-7-15/h5,8-13,15,20H,2-4,6-7,25H2,1H3,(H2,26,30)(H,27,31). The molecule has 0 spiro atoms. The van der Waals surface area contributed by atoms with Crippen LogP contribution in [0.5, 0.6) is 0 Å². The fourth-order valence-corrected chi connectivity index (χ4v) is 5.74. The molecule has 10 heteroatoms. The molecular formula is C24H27N5O3S2. The molecular weight excluding hydrogens is 470 g/mol. The number of nitrogens with one attached hydrogen (secondary N) is 1. The predicted molar refractivity (Wildman–Crippen MR) is 135 cm³/mol. The molecule has 3 amide bonds. The van der Waals surface area contributed by atoms with Crippen molar-refractivity contribution in [2.45, 2.75) is 51.1 Å². The molecule has 0 saturated heterocycles. The van der Waals surface area contributed by atoms with Crippen LogP contribution in [-0.2, 0) is 11.2 Å². The molecule has 1 atom stereocenters. The largest absolute Gasteiger partial charge is 0.395 e. The van der Waals surface area contributed by atoms with Gasteiger partial charge in [0, 0.05) is 16.6 Å². The number of carbonyl (C=O) groups is 3. The third-order valence-corrected chi connectivity index (χ3v) is 7.79. The normalized spacial score (nSPS) is 14.6. The minimum Gasteiger partial charge on any atom is -0.395 e. The minimum absolute atomic E-state index is 0.0705. The first kappa shape index (κ1) is 23.9. The number of amides is 3. The first-order chi connectivity index (χ1) is 16.4. The number of carbonyl (C=O) groups excluding carboxylic acids is 3. The van der Waals surface area contributed by atoms with E-state index in [2.05, 4.69) is 9.69 Å². The number of nitrogens with zero attached hydrogens (tertiary/aromatic N) is 2. The summed E-state index contributed by atoms with van der Waals surface area (Å²) in [6, 6.07) is 10.4. The lowest BCUT2D eigenvalue weighted by molar-refractivity contribution is -0.123. The van der Waals surface area contributed by atoms with Crippen molar-refractivity contribution in [1.29, 1.82) is 0 Å². The maximum absolute atomic E-state index is 13.9. The molecule has 1 aliphatic rings. The monoisotopic (exact) mass is 497 g/mol. The maximum Gasteiger partial charge on any atom is 0.273 e. The zero-order chi connectivity index (χ0) is 24.2. The Morgan fingerprint density at radius 1 is 1.18 bits per heavy atom. The number of hydrogen-bond donors (Lipinski definition) is 3. The summed E-state index contributed by atoms with van der Waals surface area (Å²) in [6.07, 6.45) is 4.83. The molecule has 0 bridgehead atoms. The Morgan fingerprint density at radius 3 is 2.44 bits per heavy atom. The fraction of sp³-hybridized carbons (Fsp3) is 0.333. The van der Waals surface area contributed by atoms with E-state index in [9.17, 15) is 14.4 Å². The molecule has 3 aromatic rings. The van der Waals surface area contributed by atoms with Gasteiger partial charge in [0.1, 0.15) is 4.88 Å². The van der Waals surface area contributed by atoms with Crippen LogP contribution in [0.25, 0.3) is 0 Å². The summed E-state index contributed by atoms with van der Waals surface area (Å²) < 4.78 is 3.99. The van der Waals surface area contributed by atoms with Gasteiger partial charge in [-0.15, -0.1) is 11.3 Å². The van der Waals surface area contributed by atoms with E-state index in [0.29, 0.717) is 5.69 Å². The highest BCUT2D eigenvalue weighted by atomic mass is 32.1. The fourth-order valence-electron chi connectivity index (χ4n) is 4.19. The molecule has 1 saturated carbocycles.